The van der Waals surface area contributed by atoms with Gasteiger partial charge in [-0.15, -0.1) is 22.9 Å². The van der Waals surface area contributed by atoms with Gasteiger partial charge >= 0.3 is 0 Å². The van der Waals surface area contributed by atoms with Crippen LogP contribution in [0.25, 0.3) is 0 Å². The summed E-state index contributed by atoms with van der Waals surface area (Å²) in [4.78, 5) is 2.52. The number of halogens is 2. The Morgan fingerprint density at radius 2 is 1.78 bits per heavy atom. The standard InChI is InChI=1S/C15H16BrClS/c1-8-7-9(2)14(16)11(4)13(8)15(17)12-6-5-10(3)18-12/h5-7,15H,1-4H3. The monoisotopic (exact) mass is 342 g/mol. The third-order valence-electron chi connectivity index (χ3n) is 3.20. The molecule has 0 amide bonds. The van der Waals surface area contributed by atoms with Crippen LogP contribution in [0.5, 0.6) is 0 Å². The number of hydrogen-bond acceptors (Lipinski definition) is 1. The molecule has 0 radical (unpaired) electrons. The minimum atomic E-state index is -0.0550. The molecule has 1 heterocycles. The molecule has 0 saturated carbocycles. The Hall–Kier alpha value is -0.310. The van der Waals surface area contributed by atoms with Crippen LogP contribution >= 0.6 is 38.9 Å². The summed E-state index contributed by atoms with van der Waals surface area (Å²) in [5.41, 5.74) is 5.01. The smallest absolute Gasteiger partial charge is 0.0933 e. The summed E-state index contributed by atoms with van der Waals surface area (Å²) in [6, 6.07) is 6.45. The predicted molar refractivity (Wildman–Crippen MR) is 85.1 cm³/mol. The van der Waals surface area contributed by atoms with Crippen LogP contribution in [0, 0.1) is 27.7 Å². The van der Waals surface area contributed by atoms with Crippen molar-refractivity contribution in [1.82, 2.24) is 0 Å². The van der Waals surface area contributed by atoms with Crippen LogP contribution in [-0.4, -0.2) is 0 Å². The first-order valence-electron chi connectivity index (χ1n) is 5.88. The van der Waals surface area contributed by atoms with Crippen LogP contribution in [-0.2, 0) is 0 Å². The lowest BCUT2D eigenvalue weighted by molar-refractivity contribution is 1.09. The molecule has 2 rings (SSSR count). The van der Waals surface area contributed by atoms with Gasteiger partial charge < -0.3 is 0 Å². The lowest BCUT2D eigenvalue weighted by Gasteiger charge is -2.17. The zero-order chi connectivity index (χ0) is 13.4. The molecule has 2 aromatic rings. The molecule has 0 bridgehead atoms. The zero-order valence-corrected chi connectivity index (χ0v) is 14.1. The van der Waals surface area contributed by atoms with E-state index >= 15 is 0 Å². The molecule has 18 heavy (non-hydrogen) atoms. The fourth-order valence-electron chi connectivity index (χ4n) is 2.30. The second-order valence-electron chi connectivity index (χ2n) is 4.67. The van der Waals surface area contributed by atoms with E-state index in [1.807, 2.05) is 0 Å². The topological polar surface area (TPSA) is 0 Å². The molecule has 0 N–H and O–H groups in total. The van der Waals surface area contributed by atoms with Crippen molar-refractivity contribution in [1.29, 1.82) is 0 Å². The Morgan fingerprint density at radius 3 is 2.33 bits per heavy atom. The Morgan fingerprint density at radius 1 is 1.11 bits per heavy atom. The summed E-state index contributed by atoms with van der Waals surface area (Å²) in [6.45, 7) is 8.50. The van der Waals surface area contributed by atoms with Crippen LogP contribution in [0.2, 0.25) is 0 Å². The number of aryl methyl sites for hydroxylation is 3. The minimum Gasteiger partial charge on any atom is -0.144 e. The molecule has 0 aliphatic rings. The lowest BCUT2D eigenvalue weighted by atomic mass is 9.96. The highest BCUT2D eigenvalue weighted by Gasteiger charge is 2.19. The second-order valence-corrected chi connectivity index (χ2v) is 7.22. The quantitative estimate of drug-likeness (QED) is 0.580. The van der Waals surface area contributed by atoms with Gasteiger partial charge in [-0.2, -0.15) is 0 Å². The van der Waals surface area contributed by atoms with Gasteiger partial charge in [-0.05, 0) is 62.1 Å². The van der Waals surface area contributed by atoms with E-state index in [2.05, 4.69) is 61.8 Å². The Balaban J connectivity index is 2.54. The van der Waals surface area contributed by atoms with Crippen molar-refractivity contribution in [3.63, 3.8) is 0 Å². The van der Waals surface area contributed by atoms with Crippen LogP contribution < -0.4 is 0 Å². The summed E-state index contributed by atoms with van der Waals surface area (Å²) >= 11 is 12.1. The van der Waals surface area contributed by atoms with Gasteiger partial charge in [-0.1, -0.05) is 22.0 Å². The number of benzene rings is 1. The van der Waals surface area contributed by atoms with Crippen LogP contribution in [0.3, 0.4) is 0 Å². The van der Waals surface area contributed by atoms with E-state index in [0.29, 0.717) is 0 Å². The molecule has 1 aromatic carbocycles. The van der Waals surface area contributed by atoms with E-state index < -0.39 is 0 Å². The van der Waals surface area contributed by atoms with E-state index in [1.54, 1.807) is 11.3 Å². The summed E-state index contributed by atoms with van der Waals surface area (Å²) in [5, 5.41) is -0.0550. The summed E-state index contributed by atoms with van der Waals surface area (Å²) in [6.07, 6.45) is 0. The average molecular weight is 344 g/mol. The zero-order valence-electron chi connectivity index (χ0n) is 11.0. The van der Waals surface area contributed by atoms with Crippen molar-refractivity contribution in [2.75, 3.05) is 0 Å². The SMILES string of the molecule is Cc1ccc(C(Cl)c2c(C)cc(C)c(Br)c2C)s1. The van der Waals surface area contributed by atoms with Gasteiger partial charge in [0.05, 0.1) is 5.38 Å². The predicted octanol–water partition coefficient (Wildman–Crippen LogP) is 6.07. The molecular weight excluding hydrogens is 328 g/mol. The van der Waals surface area contributed by atoms with Crippen LogP contribution in [0.15, 0.2) is 22.7 Å². The van der Waals surface area contributed by atoms with Crippen molar-refractivity contribution < 1.29 is 0 Å². The molecule has 0 nitrogen and oxygen atoms in total. The highest BCUT2D eigenvalue weighted by Crippen LogP contribution is 2.39. The summed E-state index contributed by atoms with van der Waals surface area (Å²) in [7, 11) is 0. The van der Waals surface area contributed by atoms with Gasteiger partial charge in [-0.25, -0.2) is 0 Å². The van der Waals surface area contributed by atoms with Gasteiger partial charge in [-0.3, -0.25) is 0 Å². The van der Waals surface area contributed by atoms with Gasteiger partial charge in [0.25, 0.3) is 0 Å². The number of hydrogen-bond donors (Lipinski definition) is 0. The molecule has 1 aromatic heterocycles. The number of thiophene rings is 1. The fourth-order valence-corrected chi connectivity index (χ4v) is 4.03. The first-order chi connectivity index (χ1) is 8.41. The van der Waals surface area contributed by atoms with Gasteiger partial charge in [0, 0.05) is 14.2 Å². The highest BCUT2D eigenvalue weighted by molar-refractivity contribution is 9.10. The number of rotatable bonds is 2. The molecule has 96 valence electrons. The summed E-state index contributed by atoms with van der Waals surface area (Å²) in [5.74, 6) is 0. The van der Waals surface area contributed by atoms with Crippen LogP contribution in [0.1, 0.15) is 37.4 Å². The minimum absolute atomic E-state index is 0.0550. The van der Waals surface area contributed by atoms with Crippen molar-refractivity contribution in [2.45, 2.75) is 33.1 Å². The van der Waals surface area contributed by atoms with Crippen molar-refractivity contribution in [3.05, 3.63) is 54.7 Å². The maximum Gasteiger partial charge on any atom is 0.0933 e. The maximum atomic E-state index is 6.67. The third kappa shape index (κ3) is 2.52. The third-order valence-corrected chi connectivity index (χ3v) is 6.07. The molecule has 0 fully saturated rings. The summed E-state index contributed by atoms with van der Waals surface area (Å²) < 4.78 is 1.17. The van der Waals surface area contributed by atoms with Crippen molar-refractivity contribution in [3.8, 4) is 0 Å². The molecule has 1 atom stereocenters. The molecule has 1 unspecified atom stereocenters. The van der Waals surface area contributed by atoms with Crippen molar-refractivity contribution >= 4 is 38.9 Å². The van der Waals surface area contributed by atoms with Crippen LogP contribution in [0.4, 0.5) is 0 Å². The van der Waals surface area contributed by atoms with E-state index in [4.69, 9.17) is 11.6 Å². The Labute approximate surface area is 126 Å². The van der Waals surface area contributed by atoms with E-state index in [-0.39, 0.29) is 5.38 Å². The van der Waals surface area contributed by atoms with Gasteiger partial charge in [0.2, 0.25) is 0 Å². The molecule has 0 aliphatic carbocycles. The van der Waals surface area contributed by atoms with Gasteiger partial charge in [0.15, 0.2) is 0 Å². The Bertz CT molecular complexity index is 586. The lowest BCUT2D eigenvalue weighted by Crippen LogP contribution is -2.00. The second kappa shape index (κ2) is 5.36. The molecule has 3 heteroatoms. The first kappa shape index (κ1) is 14.1. The van der Waals surface area contributed by atoms with Crippen molar-refractivity contribution in [2.24, 2.45) is 0 Å². The fraction of sp³-hybridized carbons (Fsp3) is 0.333. The largest absolute Gasteiger partial charge is 0.144 e. The highest BCUT2D eigenvalue weighted by atomic mass is 79.9. The molecule has 0 saturated heterocycles. The first-order valence-corrected chi connectivity index (χ1v) is 7.93. The van der Waals surface area contributed by atoms with E-state index in [0.717, 1.165) is 0 Å². The normalized spacial score (nSPS) is 12.8. The average Bonchev–Trinajstić information content (AvgIpc) is 2.73. The Kier molecular flexibility index (Phi) is 4.20. The molecule has 0 aliphatic heterocycles. The van der Waals surface area contributed by atoms with E-state index in [1.165, 1.54) is 36.5 Å². The maximum absolute atomic E-state index is 6.67. The van der Waals surface area contributed by atoms with E-state index in [9.17, 15) is 0 Å². The van der Waals surface area contributed by atoms with Gasteiger partial charge in [0.1, 0.15) is 0 Å². The molecule has 0 spiro atoms. The molecular formula is C15H16BrClS. The number of alkyl halides is 1.